The van der Waals surface area contributed by atoms with E-state index in [-0.39, 0.29) is 11.9 Å². The maximum Gasteiger partial charge on any atom is 0.163 e. The fraction of sp³-hybridized carbons (Fsp3) is 0.457. The number of ether oxygens (including phenoxy) is 1. The number of benzene rings is 3. The van der Waals surface area contributed by atoms with Crippen molar-refractivity contribution >= 4 is 27.6 Å². The van der Waals surface area contributed by atoms with Crippen molar-refractivity contribution in [2.45, 2.75) is 71.1 Å². The van der Waals surface area contributed by atoms with Gasteiger partial charge in [0.25, 0.3) is 0 Å². The van der Waals surface area contributed by atoms with Crippen molar-refractivity contribution in [3.63, 3.8) is 0 Å². The molecule has 40 heavy (non-hydrogen) atoms. The van der Waals surface area contributed by atoms with Crippen molar-refractivity contribution in [1.29, 1.82) is 0 Å². The summed E-state index contributed by atoms with van der Waals surface area (Å²) < 4.78 is 8.78. The number of carbonyl (C=O) groups is 1. The number of hydrogen-bond acceptors (Lipinski definition) is 4. The molecule has 2 aliphatic heterocycles. The number of unbranched alkanes of at least 4 members (excludes halogenated alkanes) is 1. The molecule has 0 saturated carbocycles. The molecule has 2 aliphatic rings. The van der Waals surface area contributed by atoms with Gasteiger partial charge in [-0.25, -0.2) is 0 Å². The van der Waals surface area contributed by atoms with Crippen molar-refractivity contribution in [3.05, 3.63) is 77.9 Å². The van der Waals surface area contributed by atoms with E-state index in [1.54, 1.807) is 0 Å². The number of hydrogen-bond donors (Lipinski definition) is 0. The van der Waals surface area contributed by atoms with Crippen LogP contribution in [0.1, 0.15) is 67.8 Å². The third-order valence-electron chi connectivity index (χ3n) is 8.88. The molecule has 2 saturated heterocycles. The molecular formula is C35H43N3O2. The number of ketones is 1. The molecule has 4 aromatic rings. The lowest BCUT2D eigenvalue weighted by Gasteiger charge is -2.32. The average molecular weight is 538 g/mol. The molecule has 3 aromatic carbocycles. The highest BCUT2D eigenvalue weighted by atomic mass is 16.5. The Hall–Kier alpha value is -3.15. The first-order valence-corrected chi connectivity index (χ1v) is 15.4. The second-order valence-corrected chi connectivity index (χ2v) is 11.7. The van der Waals surface area contributed by atoms with E-state index >= 15 is 0 Å². The van der Waals surface area contributed by atoms with E-state index in [0.29, 0.717) is 6.42 Å². The molecule has 0 N–H and O–H groups in total. The first-order valence-electron chi connectivity index (χ1n) is 15.4. The first kappa shape index (κ1) is 27.0. The number of piperidine rings is 1. The smallest absolute Gasteiger partial charge is 0.163 e. The quantitative estimate of drug-likeness (QED) is 0.149. The number of likely N-dealkylation sites (tertiary alicyclic amines) is 2. The Morgan fingerprint density at radius 3 is 2.45 bits per heavy atom. The average Bonchev–Trinajstić information content (AvgIpc) is 3.62. The summed E-state index contributed by atoms with van der Waals surface area (Å²) in [6.07, 6.45) is 7.56. The summed E-state index contributed by atoms with van der Waals surface area (Å²) in [7, 11) is 0. The Bertz CT molecular complexity index is 1440. The number of nitrogens with zero attached hydrogens (tertiary/aromatic N) is 3. The van der Waals surface area contributed by atoms with E-state index in [0.717, 1.165) is 69.7 Å². The molecule has 0 amide bonds. The van der Waals surface area contributed by atoms with Gasteiger partial charge >= 0.3 is 0 Å². The zero-order chi connectivity index (χ0) is 27.3. The second-order valence-electron chi connectivity index (χ2n) is 11.7. The number of aryl methyl sites for hydroxylation is 1. The molecule has 0 atom stereocenters. The summed E-state index contributed by atoms with van der Waals surface area (Å²) in [5.74, 6) is 1.07. The third-order valence-corrected chi connectivity index (χ3v) is 8.88. The van der Waals surface area contributed by atoms with Gasteiger partial charge in [-0.3, -0.25) is 9.69 Å². The molecule has 5 nitrogen and oxygen atoms in total. The van der Waals surface area contributed by atoms with Crippen LogP contribution in [0.2, 0.25) is 0 Å². The van der Waals surface area contributed by atoms with E-state index in [1.165, 1.54) is 53.3 Å². The first-order chi connectivity index (χ1) is 19.7. The summed E-state index contributed by atoms with van der Waals surface area (Å²) in [5.41, 5.74) is 4.80. The van der Waals surface area contributed by atoms with Gasteiger partial charge in [0.15, 0.2) is 5.78 Å². The van der Waals surface area contributed by atoms with Crippen molar-refractivity contribution in [2.24, 2.45) is 0 Å². The van der Waals surface area contributed by atoms with Crippen LogP contribution in [0.25, 0.3) is 21.8 Å². The summed E-state index contributed by atoms with van der Waals surface area (Å²) in [6.45, 7) is 9.80. The van der Waals surface area contributed by atoms with E-state index in [9.17, 15) is 4.79 Å². The molecule has 0 radical (unpaired) electrons. The topological polar surface area (TPSA) is 37.7 Å². The minimum atomic E-state index is 0.201. The maximum atomic E-state index is 12.8. The minimum absolute atomic E-state index is 0.201. The van der Waals surface area contributed by atoms with Gasteiger partial charge in [0, 0.05) is 60.0 Å². The van der Waals surface area contributed by atoms with Crippen molar-refractivity contribution < 1.29 is 9.53 Å². The standard InChI is InChI=1S/C35H43N3O2/c1-2-38-33-13-4-3-12-31(33)32-24-27(15-16-34(32)38)26-37-22-17-29(18-23-37)40-30-11-9-10-28(25-30)35(39)14-5-6-19-36-20-7-8-21-36/h3-4,9-13,15-16,24-25,29H,2,5-8,14,17-23,26H2,1H3. The molecular weight excluding hydrogens is 494 g/mol. The lowest BCUT2D eigenvalue weighted by atomic mass is 10.0. The predicted molar refractivity (Wildman–Crippen MR) is 164 cm³/mol. The molecule has 1 aromatic heterocycles. The van der Waals surface area contributed by atoms with Crippen LogP contribution >= 0.6 is 0 Å². The Morgan fingerprint density at radius 1 is 0.825 bits per heavy atom. The summed E-state index contributed by atoms with van der Waals surface area (Å²) in [6, 6.07) is 23.6. The lowest BCUT2D eigenvalue weighted by molar-refractivity contribution is 0.0950. The maximum absolute atomic E-state index is 12.8. The van der Waals surface area contributed by atoms with Crippen LogP contribution in [-0.2, 0) is 13.1 Å². The Balaban J connectivity index is 0.998. The Kier molecular flexibility index (Phi) is 8.50. The van der Waals surface area contributed by atoms with E-state index in [1.807, 2.05) is 24.3 Å². The molecule has 3 heterocycles. The van der Waals surface area contributed by atoms with Gasteiger partial charge in [-0.05, 0) is 101 Å². The summed E-state index contributed by atoms with van der Waals surface area (Å²) in [4.78, 5) is 17.9. The molecule has 0 aliphatic carbocycles. The number of fused-ring (bicyclic) bond motifs is 3. The highest BCUT2D eigenvalue weighted by Crippen LogP contribution is 2.30. The number of aromatic nitrogens is 1. The highest BCUT2D eigenvalue weighted by Gasteiger charge is 2.21. The lowest BCUT2D eigenvalue weighted by Crippen LogP contribution is -2.37. The number of Topliss-reactive ketones (excluding diaryl/α,β-unsaturated/α-hetero) is 1. The zero-order valence-electron chi connectivity index (χ0n) is 24.0. The van der Waals surface area contributed by atoms with Gasteiger partial charge in [-0.1, -0.05) is 36.4 Å². The van der Waals surface area contributed by atoms with Crippen molar-refractivity contribution in [3.8, 4) is 5.75 Å². The van der Waals surface area contributed by atoms with Gasteiger partial charge in [0.1, 0.15) is 11.9 Å². The van der Waals surface area contributed by atoms with Crippen LogP contribution in [0.4, 0.5) is 0 Å². The van der Waals surface area contributed by atoms with E-state index < -0.39 is 0 Å². The number of carbonyl (C=O) groups excluding carboxylic acids is 1. The van der Waals surface area contributed by atoms with Crippen LogP contribution < -0.4 is 4.74 Å². The third kappa shape index (κ3) is 6.11. The number of para-hydroxylation sites is 1. The number of rotatable bonds is 11. The van der Waals surface area contributed by atoms with Crippen LogP contribution in [0.3, 0.4) is 0 Å². The van der Waals surface area contributed by atoms with Gasteiger partial charge in [-0.15, -0.1) is 0 Å². The van der Waals surface area contributed by atoms with E-state index in [2.05, 4.69) is 63.8 Å². The highest BCUT2D eigenvalue weighted by molar-refractivity contribution is 6.08. The fourth-order valence-corrected chi connectivity index (χ4v) is 6.69. The Morgan fingerprint density at radius 2 is 1.62 bits per heavy atom. The fourth-order valence-electron chi connectivity index (χ4n) is 6.69. The van der Waals surface area contributed by atoms with Gasteiger partial charge < -0.3 is 14.2 Å². The van der Waals surface area contributed by atoms with Crippen molar-refractivity contribution in [1.82, 2.24) is 14.4 Å². The molecule has 5 heteroatoms. The normalized spacial score (nSPS) is 17.2. The Labute approximate surface area is 238 Å². The minimum Gasteiger partial charge on any atom is -0.490 e. The predicted octanol–water partition coefficient (Wildman–Crippen LogP) is 7.31. The van der Waals surface area contributed by atoms with Crippen LogP contribution in [-0.4, -0.2) is 59.0 Å². The summed E-state index contributed by atoms with van der Waals surface area (Å²) in [5, 5.41) is 2.70. The SMILES string of the molecule is CCn1c2ccccc2c2cc(CN3CCC(Oc4cccc(C(=O)CCCCN5CCCC5)c4)CC3)ccc21. The van der Waals surface area contributed by atoms with Gasteiger partial charge in [0.05, 0.1) is 0 Å². The molecule has 0 unspecified atom stereocenters. The second kappa shape index (κ2) is 12.6. The zero-order valence-corrected chi connectivity index (χ0v) is 24.0. The van der Waals surface area contributed by atoms with E-state index in [4.69, 9.17) is 4.74 Å². The summed E-state index contributed by atoms with van der Waals surface area (Å²) >= 11 is 0. The van der Waals surface area contributed by atoms with Gasteiger partial charge in [0.2, 0.25) is 0 Å². The molecule has 210 valence electrons. The van der Waals surface area contributed by atoms with Crippen LogP contribution in [0.5, 0.6) is 5.75 Å². The molecule has 6 rings (SSSR count). The van der Waals surface area contributed by atoms with Gasteiger partial charge in [-0.2, -0.15) is 0 Å². The van der Waals surface area contributed by atoms with Crippen LogP contribution in [0, 0.1) is 0 Å². The van der Waals surface area contributed by atoms with Crippen molar-refractivity contribution in [2.75, 3.05) is 32.7 Å². The molecule has 0 bridgehead atoms. The molecule has 0 spiro atoms. The monoisotopic (exact) mass is 537 g/mol. The van der Waals surface area contributed by atoms with Crippen LogP contribution in [0.15, 0.2) is 66.7 Å². The molecule has 2 fully saturated rings. The largest absolute Gasteiger partial charge is 0.490 e.